The van der Waals surface area contributed by atoms with Crippen molar-refractivity contribution in [3.63, 3.8) is 0 Å². The zero-order valence-corrected chi connectivity index (χ0v) is 18.0. The molecule has 2 aliphatic rings. The second-order valence-electron chi connectivity index (χ2n) is 7.99. The SMILES string of the molecule is Cc1nc(N2CCC(C(=O)N3CCOCC3)CC2)c2cc(-c3ccccc3)sc2n1. The standard InChI is InChI=1S/C23H26N4O2S/c1-16-24-21(19-15-20(30-22(19)25-16)17-5-3-2-4-6-17)26-9-7-18(8-10-26)23(28)27-11-13-29-14-12-27/h2-6,15,18H,7-14H2,1H3. The molecule has 0 N–H and O–H groups in total. The van der Waals surface area contributed by atoms with E-state index in [4.69, 9.17) is 9.72 Å². The molecule has 156 valence electrons. The molecule has 5 rings (SSSR count). The molecule has 0 unspecified atom stereocenters. The lowest BCUT2D eigenvalue weighted by Crippen LogP contribution is -2.47. The van der Waals surface area contributed by atoms with Gasteiger partial charge in [-0.15, -0.1) is 11.3 Å². The van der Waals surface area contributed by atoms with Crippen LogP contribution in [0.3, 0.4) is 0 Å². The maximum Gasteiger partial charge on any atom is 0.225 e. The molecule has 6 nitrogen and oxygen atoms in total. The fraction of sp³-hybridized carbons (Fsp3) is 0.435. The lowest BCUT2D eigenvalue weighted by atomic mass is 9.95. The number of thiophene rings is 1. The van der Waals surface area contributed by atoms with Crippen LogP contribution in [-0.2, 0) is 9.53 Å². The van der Waals surface area contributed by atoms with Crippen LogP contribution in [0.2, 0.25) is 0 Å². The van der Waals surface area contributed by atoms with Crippen LogP contribution in [0.1, 0.15) is 18.7 Å². The second-order valence-corrected chi connectivity index (χ2v) is 9.02. The second kappa shape index (κ2) is 8.32. The van der Waals surface area contributed by atoms with E-state index in [1.807, 2.05) is 17.9 Å². The van der Waals surface area contributed by atoms with Gasteiger partial charge in [0.2, 0.25) is 5.91 Å². The molecule has 0 radical (unpaired) electrons. The van der Waals surface area contributed by atoms with Crippen LogP contribution >= 0.6 is 11.3 Å². The van der Waals surface area contributed by atoms with E-state index in [-0.39, 0.29) is 5.92 Å². The zero-order valence-electron chi connectivity index (χ0n) is 17.2. The molecule has 0 aliphatic carbocycles. The highest BCUT2D eigenvalue weighted by atomic mass is 32.1. The molecular weight excluding hydrogens is 396 g/mol. The van der Waals surface area contributed by atoms with Crippen LogP contribution in [0.25, 0.3) is 20.7 Å². The Hall–Kier alpha value is -2.51. The average molecular weight is 423 g/mol. The average Bonchev–Trinajstić information content (AvgIpc) is 3.23. The van der Waals surface area contributed by atoms with Gasteiger partial charge in [0.05, 0.1) is 18.6 Å². The minimum absolute atomic E-state index is 0.111. The molecule has 3 aromatic rings. The van der Waals surface area contributed by atoms with Gasteiger partial charge in [-0.3, -0.25) is 4.79 Å². The highest BCUT2D eigenvalue weighted by Gasteiger charge is 2.30. The van der Waals surface area contributed by atoms with E-state index < -0.39 is 0 Å². The lowest BCUT2D eigenvalue weighted by molar-refractivity contribution is -0.140. The number of aryl methyl sites for hydroxylation is 1. The number of hydrogen-bond acceptors (Lipinski definition) is 6. The molecule has 2 fully saturated rings. The Bertz CT molecular complexity index is 1040. The summed E-state index contributed by atoms with van der Waals surface area (Å²) in [4.78, 5) is 28.9. The number of carbonyl (C=O) groups is 1. The lowest BCUT2D eigenvalue weighted by Gasteiger charge is -2.36. The fourth-order valence-corrected chi connectivity index (χ4v) is 5.45. The predicted molar refractivity (Wildman–Crippen MR) is 120 cm³/mol. The summed E-state index contributed by atoms with van der Waals surface area (Å²) in [5.74, 6) is 2.21. The molecule has 2 aromatic heterocycles. The maximum atomic E-state index is 12.9. The quantitative estimate of drug-likeness (QED) is 0.644. The number of carbonyl (C=O) groups excluding carboxylic acids is 1. The Labute approximate surface area is 180 Å². The van der Waals surface area contributed by atoms with Crippen molar-refractivity contribution >= 4 is 33.3 Å². The van der Waals surface area contributed by atoms with Gasteiger partial charge in [0.1, 0.15) is 16.5 Å². The summed E-state index contributed by atoms with van der Waals surface area (Å²) in [5.41, 5.74) is 1.21. The number of amides is 1. The Morgan fingerprint density at radius 1 is 1.07 bits per heavy atom. The van der Waals surface area contributed by atoms with E-state index in [2.05, 4.69) is 40.2 Å². The van der Waals surface area contributed by atoms with Crippen molar-refractivity contribution in [2.45, 2.75) is 19.8 Å². The van der Waals surface area contributed by atoms with Crippen molar-refractivity contribution in [2.75, 3.05) is 44.3 Å². The molecule has 0 bridgehead atoms. The van der Waals surface area contributed by atoms with Crippen molar-refractivity contribution in [1.29, 1.82) is 0 Å². The van der Waals surface area contributed by atoms with Crippen LogP contribution in [0.5, 0.6) is 0 Å². The molecule has 30 heavy (non-hydrogen) atoms. The molecule has 4 heterocycles. The van der Waals surface area contributed by atoms with E-state index in [9.17, 15) is 4.79 Å². The van der Waals surface area contributed by atoms with Crippen molar-refractivity contribution in [2.24, 2.45) is 5.92 Å². The summed E-state index contributed by atoms with van der Waals surface area (Å²) in [6.07, 6.45) is 1.74. The first-order valence-electron chi connectivity index (χ1n) is 10.6. The number of rotatable bonds is 3. The van der Waals surface area contributed by atoms with Crippen LogP contribution < -0.4 is 4.90 Å². The number of morpholine rings is 1. The first kappa shape index (κ1) is 19.5. The van der Waals surface area contributed by atoms with Gasteiger partial charge >= 0.3 is 0 Å². The summed E-state index contributed by atoms with van der Waals surface area (Å²) < 4.78 is 5.38. The Morgan fingerprint density at radius 3 is 2.53 bits per heavy atom. The van der Waals surface area contributed by atoms with Gasteiger partial charge in [0.15, 0.2) is 0 Å². The first-order chi connectivity index (χ1) is 14.7. The van der Waals surface area contributed by atoms with Gasteiger partial charge in [-0.05, 0) is 31.4 Å². The van der Waals surface area contributed by atoms with Crippen LogP contribution in [0, 0.1) is 12.8 Å². The number of benzene rings is 1. The van der Waals surface area contributed by atoms with Crippen LogP contribution in [-0.4, -0.2) is 60.2 Å². The van der Waals surface area contributed by atoms with Gasteiger partial charge < -0.3 is 14.5 Å². The van der Waals surface area contributed by atoms with Gasteiger partial charge in [0.25, 0.3) is 0 Å². The minimum Gasteiger partial charge on any atom is -0.378 e. The zero-order chi connectivity index (χ0) is 20.5. The molecule has 1 aromatic carbocycles. The number of hydrogen-bond donors (Lipinski definition) is 0. The van der Waals surface area contributed by atoms with E-state index in [0.29, 0.717) is 19.1 Å². The van der Waals surface area contributed by atoms with E-state index in [0.717, 1.165) is 60.9 Å². The number of piperidine rings is 1. The number of nitrogens with zero attached hydrogens (tertiary/aromatic N) is 4. The third-order valence-corrected chi connectivity index (χ3v) is 7.09. The third kappa shape index (κ3) is 3.79. The van der Waals surface area contributed by atoms with Gasteiger partial charge in [-0.1, -0.05) is 30.3 Å². The maximum absolute atomic E-state index is 12.9. The molecule has 0 saturated carbocycles. The number of anilines is 1. The largest absolute Gasteiger partial charge is 0.378 e. The smallest absolute Gasteiger partial charge is 0.225 e. The van der Waals surface area contributed by atoms with Crippen molar-refractivity contribution in [3.8, 4) is 10.4 Å². The third-order valence-electron chi connectivity index (χ3n) is 6.01. The summed E-state index contributed by atoms with van der Waals surface area (Å²) in [6.45, 7) is 6.42. The molecular formula is C23H26N4O2S. The van der Waals surface area contributed by atoms with Crippen molar-refractivity contribution in [1.82, 2.24) is 14.9 Å². The molecule has 2 saturated heterocycles. The Balaban J connectivity index is 1.36. The van der Waals surface area contributed by atoms with E-state index >= 15 is 0 Å². The molecule has 2 aliphatic heterocycles. The summed E-state index contributed by atoms with van der Waals surface area (Å²) >= 11 is 1.72. The molecule has 0 atom stereocenters. The number of aromatic nitrogens is 2. The Kier molecular flexibility index (Phi) is 5.39. The van der Waals surface area contributed by atoms with Crippen LogP contribution in [0.4, 0.5) is 5.82 Å². The molecule has 7 heteroatoms. The monoisotopic (exact) mass is 422 g/mol. The van der Waals surface area contributed by atoms with Crippen molar-refractivity contribution < 1.29 is 9.53 Å². The number of ether oxygens (including phenoxy) is 1. The highest BCUT2D eigenvalue weighted by Crippen LogP contribution is 2.37. The predicted octanol–water partition coefficient (Wildman–Crippen LogP) is 3.74. The first-order valence-corrected chi connectivity index (χ1v) is 11.5. The summed E-state index contributed by atoms with van der Waals surface area (Å²) in [7, 11) is 0. The topological polar surface area (TPSA) is 58.6 Å². The summed E-state index contributed by atoms with van der Waals surface area (Å²) in [5, 5.41) is 1.11. The van der Waals surface area contributed by atoms with E-state index in [1.54, 1.807) is 11.3 Å². The van der Waals surface area contributed by atoms with Gasteiger partial charge in [0, 0.05) is 37.0 Å². The highest BCUT2D eigenvalue weighted by molar-refractivity contribution is 7.21. The van der Waals surface area contributed by atoms with Gasteiger partial charge in [-0.2, -0.15) is 0 Å². The van der Waals surface area contributed by atoms with Crippen molar-refractivity contribution in [3.05, 3.63) is 42.2 Å². The molecule has 0 spiro atoms. The van der Waals surface area contributed by atoms with Crippen LogP contribution in [0.15, 0.2) is 36.4 Å². The fourth-order valence-electron chi connectivity index (χ4n) is 4.38. The van der Waals surface area contributed by atoms with Gasteiger partial charge in [-0.25, -0.2) is 9.97 Å². The minimum atomic E-state index is 0.111. The normalized spacial score (nSPS) is 18.2. The Morgan fingerprint density at radius 2 is 1.80 bits per heavy atom. The van der Waals surface area contributed by atoms with E-state index in [1.165, 1.54) is 10.4 Å². The summed E-state index contributed by atoms with van der Waals surface area (Å²) in [6, 6.07) is 12.6. The number of fused-ring (bicyclic) bond motifs is 1. The molecule has 1 amide bonds.